The van der Waals surface area contributed by atoms with Crippen molar-refractivity contribution in [2.24, 2.45) is 0 Å². The second-order valence-electron chi connectivity index (χ2n) is 2.68. The number of H-pyrrole nitrogens is 1. The molecule has 0 amide bonds. The van der Waals surface area contributed by atoms with Crippen LogP contribution in [0, 0.1) is 0 Å². The number of nitrogens with zero attached hydrogens (tertiary/aromatic N) is 1. The Bertz CT molecular complexity index is 462. The van der Waals surface area contributed by atoms with Gasteiger partial charge in [-0.05, 0) is 0 Å². The van der Waals surface area contributed by atoms with Gasteiger partial charge < -0.3 is 10.7 Å². The zero-order valence-electron chi connectivity index (χ0n) is 6.94. The molecule has 3 N–H and O–H groups in total. The van der Waals surface area contributed by atoms with Crippen LogP contribution >= 0.6 is 0 Å². The van der Waals surface area contributed by atoms with Crippen LogP contribution in [0.5, 0.6) is 0 Å². The van der Waals surface area contributed by atoms with E-state index in [0.29, 0.717) is 0 Å². The van der Waals surface area contributed by atoms with Crippen LogP contribution in [-0.4, -0.2) is 24.6 Å². The van der Waals surface area contributed by atoms with Crippen molar-refractivity contribution in [3.8, 4) is 0 Å². The van der Waals surface area contributed by atoms with E-state index in [9.17, 15) is 13.2 Å². The third kappa shape index (κ3) is 2.86. The average molecular weight is 203 g/mol. The molecule has 0 aliphatic carbocycles. The summed E-state index contributed by atoms with van der Waals surface area (Å²) in [6, 6.07) is 0. The predicted octanol–water partition coefficient (Wildman–Crippen LogP) is -1.10. The number of rotatable bonds is 2. The zero-order valence-corrected chi connectivity index (χ0v) is 7.76. The number of nitrogens with one attached hydrogen (secondary N) is 1. The van der Waals surface area contributed by atoms with Gasteiger partial charge >= 0.3 is 0 Å². The summed E-state index contributed by atoms with van der Waals surface area (Å²) in [6.45, 7) is 0. The number of aromatic nitrogens is 2. The Morgan fingerprint density at radius 2 is 2.23 bits per heavy atom. The largest absolute Gasteiger partial charge is 0.393 e. The Kier molecular flexibility index (Phi) is 2.37. The molecule has 0 aromatic carbocycles. The highest BCUT2D eigenvalue weighted by molar-refractivity contribution is 7.89. The Morgan fingerprint density at radius 1 is 1.62 bits per heavy atom. The van der Waals surface area contributed by atoms with Crippen molar-refractivity contribution in [1.29, 1.82) is 0 Å². The molecule has 0 radical (unpaired) electrons. The summed E-state index contributed by atoms with van der Waals surface area (Å²) < 4.78 is 21.6. The molecule has 1 aromatic rings. The van der Waals surface area contributed by atoms with Crippen molar-refractivity contribution < 1.29 is 8.42 Å². The van der Waals surface area contributed by atoms with Crippen molar-refractivity contribution in [3.05, 3.63) is 22.4 Å². The molecule has 1 rings (SSSR count). The lowest BCUT2D eigenvalue weighted by Crippen LogP contribution is -2.17. The Balaban J connectivity index is 3.06. The first-order valence-corrected chi connectivity index (χ1v) is 5.46. The second-order valence-corrected chi connectivity index (χ2v) is 4.82. The van der Waals surface area contributed by atoms with Gasteiger partial charge in [0.25, 0.3) is 5.56 Å². The first-order valence-electron chi connectivity index (χ1n) is 3.40. The maximum Gasteiger partial charge on any atom is 0.274 e. The monoisotopic (exact) mass is 203 g/mol. The molecule has 7 heteroatoms. The highest BCUT2D eigenvalue weighted by atomic mass is 32.2. The summed E-state index contributed by atoms with van der Waals surface area (Å²) in [7, 11) is -3.18. The molecule has 1 heterocycles. The number of hydrogen-bond acceptors (Lipinski definition) is 5. The molecule has 6 nitrogen and oxygen atoms in total. The zero-order chi connectivity index (χ0) is 10.1. The smallest absolute Gasteiger partial charge is 0.274 e. The lowest BCUT2D eigenvalue weighted by Gasteiger charge is -1.98. The number of hydrogen-bond donors (Lipinski definition) is 2. The van der Waals surface area contributed by atoms with Gasteiger partial charge in [0.1, 0.15) is 17.3 Å². The highest BCUT2D eigenvalue weighted by Crippen LogP contribution is 1.96. The molecule has 13 heavy (non-hydrogen) atoms. The Labute approximate surface area is 74.7 Å². The first-order chi connectivity index (χ1) is 5.88. The molecule has 0 saturated heterocycles. The molecular formula is C6H9N3O3S. The van der Waals surface area contributed by atoms with Gasteiger partial charge in [-0.2, -0.15) is 0 Å². The van der Waals surface area contributed by atoms with Crippen LogP contribution in [0.2, 0.25) is 0 Å². The molecule has 0 aliphatic heterocycles. The quantitative estimate of drug-likeness (QED) is 0.634. The fraction of sp³-hybridized carbons (Fsp3) is 0.333. The van der Waals surface area contributed by atoms with Crippen molar-refractivity contribution in [3.63, 3.8) is 0 Å². The minimum atomic E-state index is -3.18. The van der Waals surface area contributed by atoms with Gasteiger partial charge in [0.05, 0.1) is 6.20 Å². The van der Waals surface area contributed by atoms with E-state index in [-0.39, 0.29) is 17.3 Å². The van der Waals surface area contributed by atoms with E-state index in [4.69, 9.17) is 5.73 Å². The molecule has 0 unspecified atom stereocenters. The predicted molar refractivity (Wildman–Crippen MR) is 47.8 cm³/mol. The SMILES string of the molecule is CS(=O)(=O)Cc1ncc(N)c(=O)[nH]1. The van der Waals surface area contributed by atoms with Gasteiger partial charge in [-0.25, -0.2) is 13.4 Å². The van der Waals surface area contributed by atoms with E-state index in [2.05, 4.69) is 9.97 Å². The van der Waals surface area contributed by atoms with E-state index in [1.54, 1.807) is 0 Å². The summed E-state index contributed by atoms with van der Waals surface area (Å²) in [4.78, 5) is 16.8. The van der Waals surface area contributed by atoms with Crippen LogP contribution < -0.4 is 11.3 Å². The van der Waals surface area contributed by atoms with E-state index in [1.807, 2.05) is 0 Å². The Hall–Kier alpha value is -1.37. The van der Waals surface area contributed by atoms with E-state index < -0.39 is 15.4 Å². The number of nitrogens with two attached hydrogens (primary N) is 1. The molecule has 0 bridgehead atoms. The van der Waals surface area contributed by atoms with Gasteiger partial charge in [0.15, 0.2) is 9.84 Å². The second kappa shape index (κ2) is 3.17. The highest BCUT2D eigenvalue weighted by Gasteiger charge is 2.06. The first kappa shape index (κ1) is 9.72. The third-order valence-corrected chi connectivity index (χ3v) is 2.08. The van der Waals surface area contributed by atoms with Crippen molar-refractivity contribution in [2.45, 2.75) is 5.75 Å². The van der Waals surface area contributed by atoms with Gasteiger partial charge in [-0.1, -0.05) is 0 Å². The van der Waals surface area contributed by atoms with E-state index in [0.717, 1.165) is 12.5 Å². The van der Waals surface area contributed by atoms with Gasteiger partial charge in [-0.3, -0.25) is 4.79 Å². The standard InChI is InChI=1S/C6H9N3O3S/c1-13(11,12)3-5-8-2-4(7)6(10)9-5/h2H,3,7H2,1H3,(H,8,9,10). The summed E-state index contributed by atoms with van der Waals surface area (Å²) in [5.41, 5.74) is 4.65. The molecule has 0 atom stereocenters. The molecular weight excluding hydrogens is 194 g/mol. The average Bonchev–Trinajstić information content (AvgIpc) is 1.94. The maximum atomic E-state index is 10.9. The number of aromatic amines is 1. The van der Waals surface area contributed by atoms with Crippen LogP contribution in [0.4, 0.5) is 5.69 Å². The van der Waals surface area contributed by atoms with Crippen LogP contribution in [0.25, 0.3) is 0 Å². The van der Waals surface area contributed by atoms with E-state index >= 15 is 0 Å². The van der Waals surface area contributed by atoms with Gasteiger partial charge in [-0.15, -0.1) is 0 Å². The summed E-state index contributed by atoms with van der Waals surface area (Å²) in [6.07, 6.45) is 2.20. The molecule has 0 aliphatic rings. The van der Waals surface area contributed by atoms with Crippen LogP contribution in [-0.2, 0) is 15.6 Å². The molecule has 72 valence electrons. The maximum absolute atomic E-state index is 10.9. The van der Waals surface area contributed by atoms with Gasteiger partial charge in [0, 0.05) is 6.26 Å². The normalized spacial score (nSPS) is 11.5. The van der Waals surface area contributed by atoms with E-state index in [1.165, 1.54) is 0 Å². The summed E-state index contributed by atoms with van der Waals surface area (Å²) >= 11 is 0. The number of anilines is 1. The molecule has 1 aromatic heterocycles. The van der Waals surface area contributed by atoms with Gasteiger partial charge in [0.2, 0.25) is 0 Å². The Morgan fingerprint density at radius 3 is 2.69 bits per heavy atom. The lowest BCUT2D eigenvalue weighted by atomic mass is 10.5. The minimum absolute atomic E-state index is 0.0303. The molecule has 0 spiro atoms. The fourth-order valence-corrected chi connectivity index (χ4v) is 1.41. The summed E-state index contributed by atoms with van der Waals surface area (Å²) in [5, 5.41) is 0. The van der Waals surface area contributed by atoms with Crippen molar-refractivity contribution >= 4 is 15.5 Å². The fourth-order valence-electron chi connectivity index (χ4n) is 0.763. The molecule has 0 fully saturated rings. The third-order valence-electron chi connectivity index (χ3n) is 1.28. The van der Waals surface area contributed by atoms with Crippen LogP contribution in [0.1, 0.15) is 5.82 Å². The number of sulfone groups is 1. The van der Waals surface area contributed by atoms with Crippen LogP contribution in [0.15, 0.2) is 11.0 Å². The topological polar surface area (TPSA) is 106 Å². The lowest BCUT2D eigenvalue weighted by molar-refractivity contribution is 0.599. The summed E-state index contributed by atoms with van der Waals surface area (Å²) in [5.74, 6) is -0.190. The van der Waals surface area contributed by atoms with Crippen molar-refractivity contribution in [1.82, 2.24) is 9.97 Å². The van der Waals surface area contributed by atoms with Crippen LogP contribution in [0.3, 0.4) is 0 Å². The minimum Gasteiger partial charge on any atom is -0.393 e. The van der Waals surface area contributed by atoms with Crippen molar-refractivity contribution in [2.75, 3.05) is 12.0 Å². The molecule has 0 saturated carbocycles. The number of nitrogen functional groups attached to an aromatic ring is 1.